The largest absolute Gasteiger partial charge is 0.0622 e. The Hall–Kier alpha value is -11.7. The maximum absolute atomic E-state index is 3.75. The van der Waals surface area contributed by atoms with Gasteiger partial charge in [-0.25, -0.2) is 0 Å². The second-order valence-corrected chi connectivity index (χ2v) is 24.2. The number of fused-ring (bicyclic) bond motifs is 12. The van der Waals surface area contributed by atoms with E-state index in [1.807, 2.05) is 127 Å². The van der Waals surface area contributed by atoms with Crippen molar-refractivity contribution in [3.63, 3.8) is 0 Å². The molecule has 0 amide bonds. The molecule has 0 aromatic heterocycles. The molecule has 412 valence electrons. The average molecular weight is 1130 g/mol. The predicted molar refractivity (Wildman–Crippen MR) is 361 cm³/mol. The molecule has 15 rings (SSSR count). The van der Waals surface area contributed by atoms with Crippen molar-refractivity contribution >= 4 is 0 Å². The third-order valence-corrected chi connectivity index (χ3v) is 19.6. The van der Waals surface area contributed by atoms with Gasteiger partial charge in [-0.1, -0.05) is 244 Å². The molecule has 0 nitrogen and oxygen atoms in total. The Morgan fingerprint density at radius 3 is 0.573 bits per heavy atom. The molecular formula is C89H56. The first-order valence-electron chi connectivity index (χ1n) is 30.3. The molecule has 0 heterocycles. The van der Waals surface area contributed by atoms with Crippen LogP contribution in [0, 0.1) is 88.3 Å². The Morgan fingerprint density at radius 1 is 0.169 bits per heavy atom. The minimum atomic E-state index is -0.751. The number of hydrogen-bond acceptors (Lipinski definition) is 0. The van der Waals surface area contributed by atoms with Gasteiger partial charge in [0.25, 0.3) is 0 Å². The van der Waals surface area contributed by atoms with Crippen LogP contribution in [0.3, 0.4) is 0 Å². The van der Waals surface area contributed by atoms with Gasteiger partial charge in [0.05, 0.1) is 0 Å². The summed E-state index contributed by atoms with van der Waals surface area (Å²) in [5.41, 5.74) is 19.0. The van der Waals surface area contributed by atoms with E-state index >= 15 is 0 Å². The Bertz CT molecular complexity index is 5030. The van der Waals surface area contributed by atoms with Crippen molar-refractivity contribution in [1.29, 1.82) is 0 Å². The van der Waals surface area contributed by atoms with E-state index in [-0.39, 0.29) is 0 Å². The van der Waals surface area contributed by atoms with Crippen molar-refractivity contribution in [2.75, 3.05) is 0 Å². The van der Waals surface area contributed by atoms with E-state index in [0.717, 1.165) is 77.9 Å². The zero-order valence-electron chi connectivity index (χ0n) is 49.9. The highest BCUT2D eigenvalue weighted by molar-refractivity contribution is 5.86. The molecule has 1 unspecified atom stereocenters. The van der Waals surface area contributed by atoms with Crippen LogP contribution >= 0.6 is 0 Å². The van der Waals surface area contributed by atoms with Crippen molar-refractivity contribution in [2.45, 2.75) is 49.4 Å². The fourth-order valence-electron chi connectivity index (χ4n) is 16.2. The second kappa shape index (κ2) is 21.4. The fourth-order valence-corrected chi connectivity index (χ4v) is 16.2. The van der Waals surface area contributed by atoms with Gasteiger partial charge >= 0.3 is 0 Å². The summed E-state index contributed by atoms with van der Waals surface area (Å²) in [4.78, 5) is 0. The quantitative estimate of drug-likeness (QED) is 0.133. The maximum atomic E-state index is 3.75. The van der Waals surface area contributed by atoms with Crippen molar-refractivity contribution in [3.05, 3.63) is 389 Å². The molecular weight excluding hydrogens is 1070 g/mol. The molecule has 1 spiro atoms. The zero-order chi connectivity index (χ0) is 60.2. The standard InChI is InChI=1S/C89H56/c1-85-77-55-48-70(41-40-63-26-12-5-13-27-63)56-78(77)86(2)81-59-73(51-44-66-32-18-8-19-33-66)74(52-45-67-34-20-9-21-35-67)60-82(81)88(4)84-62-76(54-47-69-38-24-11-25-39-69)75(53-46-68-36-22-10-23-37-68)61-83(84)87(3,89(85,86)88)80-58-72(50-43-65-30-16-7-17-31-65)71(57-79(80)85)49-42-64-28-14-6-15-29-64/h5-39,48,55-62H,1-4H3/t85-,86-,87+,88+,89?/m0/s1. The maximum Gasteiger partial charge on any atom is 0.0409 e. The fraction of sp³-hybridized carbons (Fsp3) is 0.101. The van der Waals surface area contributed by atoms with Gasteiger partial charge in [0.1, 0.15) is 0 Å². The summed E-state index contributed by atoms with van der Waals surface area (Å²) >= 11 is 0. The lowest BCUT2D eigenvalue weighted by Crippen LogP contribution is -2.60. The van der Waals surface area contributed by atoms with Gasteiger partial charge < -0.3 is 0 Å². The summed E-state index contributed by atoms with van der Waals surface area (Å²) in [6.45, 7) is 10.2. The highest BCUT2D eigenvalue weighted by Crippen LogP contribution is 2.90. The topological polar surface area (TPSA) is 0 Å². The van der Waals surface area contributed by atoms with E-state index < -0.39 is 27.1 Å². The second-order valence-electron chi connectivity index (χ2n) is 24.2. The van der Waals surface area contributed by atoms with Crippen LogP contribution in [0.1, 0.15) is 150 Å². The molecule has 0 bridgehead atoms. The zero-order valence-corrected chi connectivity index (χ0v) is 49.9. The Balaban J connectivity index is 1.10. The lowest BCUT2D eigenvalue weighted by molar-refractivity contribution is 0.0253. The van der Waals surface area contributed by atoms with Gasteiger partial charge in [-0.3, -0.25) is 0 Å². The summed E-state index contributed by atoms with van der Waals surface area (Å²) < 4.78 is 0. The summed E-state index contributed by atoms with van der Waals surface area (Å²) in [7, 11) is 0. The van der Waals surface area contributed by atoms with Crippen LogP contribution in [0.4, 0.5) is 0 Å². The van der Waals surface area contributed by atoms with Gasteiger partial charge in [-0.15, -0.1) is 0 Å². The van der Waals surface area contributed by atoms with Crippen LogP contribution in [-0.2, 0) is 21.7 Å². The van der Waals surface area contributed by atoms with Crippen LogP contribution in [0.25, 0.3) is 0 Å². The normalized spacial score (nSPS) is 20.0. The van der Waals surface area contributed by atoms with Gasteiger partial charge in [-0.2, -0.15) is 0 Å². The summed E-state index contributed by atoms with van der Waals surface area (Å²) in [5, 5.41) is 0. The molecule has 11 aromatic rings. The lowest BCUT2D eigenvalue weighted by atomic mass is 9.43. The van der Waals surface area contributed by atoms with Crippen LogP contribution in [0.15, 0.2) is 267 Å². The molecule has 89 heavy (non-hydrogen) atoms. The van der Waals surface area contributed by atoms with E-state index in [2.05, 4.69) is 250 Å². The van der Waals surface area contributed by atoms with E-state index in [4.69, 9.17) is 0 Å². The third-order valence-electron chi connectivity index (χ3n) is 19.6. The van der Waals surface area contributed by atoms with E-state index in [1.165, 1.54) is 44.5 Å². The molecule has 0 heteroatoms. The predicted octanol–water partition coefficient (Wildman–Crippen LogP) is 17.0. The summed E-state index contributed by atoms with van der Waals surface area (Å²) in [5.74, 6) is 51.2. The van der Waals surface area contributed by atoms with E-state index in [1.54, 1.807) is 0 Å². The molecule has 0 aliphatic heterocycles. The average Bonchev–Trinajstić information content (AvgIpc) is 1.41. The van der Waals surface area contributed by atoms with Crippen molar-refractivity contribution in [3.8, 4) is 82.9 Å². The van der Waals surface area contributed by atoms with Crippen molar-refractivity contribution in [1.82, 2.24) is 0 Å². The first kappa shape index (κ1) is 54.0. The third kappa shape index (κ3) is 8.38. The van der Waals surface area contributed by atoms with Crippen molar-refractivity contribution in [2.24, 2.45) is 5.41 Å². The summed E-state index contributed by atoms with van der Waals surface area (Å²) in [6, 6.07) is 93.5. The summed E-state index contributed by atoms with van der Waals surface area (Å²) in [6.07, 6.45) is 0. The minimum Gasteiger partial charge on any atom is -0.0622 e. The van der Waals surface area contributed by atoms with E-state index in [0.29, 0.717) is 0 Å². The first-order valence-corrected chi connectivity index (χ1v) is 30.3. The van der Waals surface area contributed by atoms with Gasteiger partial charge in [0.2, 0.25) is 0 Å². The number of hydrogen-bond donors (Lipinski definition) is 0. The highest BCUT2D eigenvalue weighted by Gasteiger charge is 2.89. The Morgan fingerprint density at radius 2 is 0.348 bits per heavy atom. The Kier molecular flexibility index (Phi) is 13.0. The van der Waals surface area contributed by atoms with Crippen LogP contribution in [0.5, 0.6) is 0 Å². The van der Waals surface area contributed by atoms with Crippen LogP contribution in [0.2, 0.25) is 0 Å². The monoisotopic (exact) mass is 1120 g/mol. The molecule has 0 radical (unpaired) electrons. The Labute approximate surface area is 523 Å². The minimum absolute atomic E-state index is 0.703. The van der Waals surface area contributed by atoms with E-state index in [9.17, 15) is 0 Å². The molecule has 0 saturated heterocycles. The number of rotatable bonds is 0. The molecule has 0 saturated carbocycles. The van der Waals surface area contributed by atoms with Crippen LogP contribution in [-0.4, -0.2) is 0 Å². The molecule has 4 aliphatic carbocycles. The lowest BCUT2D eigenvalue weighted by Gasteiger charge is -2.57. The van der Waals surface area contributed by atoms with Gasteiger partial charge in [0, 0.05) is 105 Å². The molecule has 0 N–H and O–H groups in total. The molecule has 5 atom stereocenters. The number of benzene rings is 11. The van der Waals surface area contributed by atoms with Gasteiger partial charge in [0.15, 0.2) is 0 Å². The SMILES string of the molecule is C[C@]12c3cc(C#Cc4ccccc4)c(C#Cc4ccccc4)cc3[C@@]3(C)c4cc(C#Cc5ccccc5)c(C#Cc5ccccc5)cc4[C@]4(C)c5cc(C#Cc6ccccc6)ccc5[C@@](C)(c5cc(C#Cc6ccccc6)c(C#Cc6ccccc6)cc51)C234. The smallest absolute Gasteiger partial charge is 0.0409 e. The van der Waals surface area contributed by atoms with Crippen LogP contribution < -0.4 is 0 Å². The first-order chi connectivity index (χ1) is 43.6. The molecule has 4 aliphatic rings. The molecule has 0 fully saturated rings. The van der Waals surface area contributed by atoms with Gasteiger partial charge in [-0.05, 0) is 178 Å². The van der Waals surface area contributed by atoms with Crippen molar-refractivity contribution < 1.29 is 0 Å². The highest BCUT2D eigenvalue weighted by atomic mass is 14.9. The molecule has 11 aromatic carbocycles.